The summed E-state index contributed by atoms with van der Waals surface area (Å²) in [5.74, 6) is 0.0274. The first-order valence-corrected chi connectivity index (χ1v) is 10.5. The fourth-order valence-corrected chi connectivity index (χ4v) is 4.11. The number of nitriles is 1. The zero-order valence-electron chi connectivity index (χ0n) is 17.7. The van der Waals surface area contributed by atoms with E-state index in [-0.39, 0.29) is 11.6 Å². The first-order chi connectivity index (χ1) is 15.5. The average Bonchev–Trinajstić information content (AvgIpc) is 3.19. The summed E-state index contributed by atoms with van der Waals surface area (Å²) in [5.41, 5.74) is 10.8. The van der Waals surface area contributed by atoms with Gasteiger partial charge in [0.1, 0.15) is 11.9 Å². The molecule has 0 aliphatic carbocycles. The predicted molar refractivity (Wildman–Crippen MR) is 121 cm³/mol. The van der Waals surface area contributed by atoms with Crippen LogP contribution in [0.4, 0.5) is 10.3 Å². The first kappa shape index (κ1) is 20.1. The molecule has 0 atom stereocenters. The van der Waals surface area contributed by atoms with E-state index in [9.17, 15) is 4.39 Å². The summed E-state index contributed by atoms with van der Waals surface area (Å²) in [7, 11) is 1.95. The summed E-state index contributed by atoms with van der Waals surface area (Å²) >= 11 is 0. The molecule has 7 nitrogen and oxygen atoms in total. The Morgan fingerprint density at radius 2 is 1.88 bits per heavy atom. The number of aryl methyl sites for hydroxylation is 1. The number of fused-ring (bicyclic) bond motifs is 1. The van der Waals surface area contributed by atoms with Crippen molar-refractivity contribution in [1.82, 2.24) is 19.5 Å². The molecular formula is C24H22FN7. The van der Waals surface area contributed by atoms with Crippen LogP contribution < -0.4 is 10.6 Å². The Bertz CT molecular complexity index is 1350. The summed E-state index contributed by atoms with van der Waals surface area (Å²) in [4.78, 5) is 16.0. The lowest BCUT2D eigenvalue weighted by Crippen LogP contribution is -2.40. The van der Waals surface area contributed by atoms with Crippen molar-refractivity contribution < 1.29 is 4.39 Å². The SMILES string of the molecule is Cn1cnc2cc(-c3cnc(N4CCC(N)CC4)nc3-c3ccc(C#N)c(F)c3)ccc21. The van der Waals surface area contributed by atoms with E-state index in [2.05, 4.69) is 14.9 Å². The van der Waals surface area contributed by atoms with Crippen molar-refractivity contribution in [2.45, 2.75) is 18.9 Å². The van der Waals surface area contributed by atoms with Crippen LogP contribution in [-0.4, -0.2) is 38.7 Å². The van der Waals surface area contributed by atoms with E-state index in [1.807, 2.05) is 35.9 Å². The minimum atomic E-state index is -0.569. The van der Waals surface area contributed by atoms with Gasteiger partial charge in [-0.3, -0.25) is 0 Å². The van der Waals surface area contributed by atoms with E-state index in [0.717, 1.165) is 48.1 Å². The fourth-order valence-electron chi connectivity index (χ4n) is 4.11. The van der Waals surface area contributed by atoms with Crippen molar-refractivity contribution in [3.05, 3.63) is 60.3 Å². The van der Waals surface area contributed by atoms with Crippen LogP contribution in [0.1, 0.15) is 18.4 Å². The van der Waals surface area contributed by atoms with Gasteiger partial charge in [0.15, 0.2) is 0 Å². The number of nitrogens with zero attached hydrogens (tertiary/aromatic N) is 6. The molecule has 0 saturated carbocycles. The second kappa shape index (κ2) is 8.02. The number of nitrogens with two attached hydrogens (primary N) is 1. The molecule has 5 rings (SSSR count). The van der Waals surface area contributed by atoms with Crippen molar-refractivity contribution in [3.63, 3.8) is 0 Å². The Morgan fingerprint density at radius 1 is 1.09 bits per heavy atom. The highest BCUT2D eigenvalue weighted by Gasteiger charge is 2.21. The summed E-state index contributed by atoms with van der Waals surface area (Å²) < 4.78 is 16.4. The number of halogens is 1. The summed E-state index contributed by atoms with van der Waals surface area (Å²) in [6.07, 6.45) is 5.31. The van der Waals surface area contributed by atoms with Gasteiger partial charge in [-0.15, -0.1) is 0 Å². The molecule has 160 valence electrons. The molecule has 2 aromatic heterocycles. The van der Waals surface area contributed by atoms with Gasteiger partial charge in [-0.1, -0.05) is 12.1 Å². The van der Waals surface area contributed by atoms with E-state index in [4.69, 9.17) is 16.0 Å². The van der Waals surface area contributed by atoms with Gasteiger partial charge >= 0.3 is 0 Å². The monoisotopic (exact) mass is 427 g/mol. The molecule has 1 saturated heterocycles. The molecule has 2 N–H and O–H groups in total. The molecule has 32 heavy (non-hydrogen) atoms. The largest absolute Gasteiger partial charge is 0.341 e. The zero-order valence-corrected chi connectivity index (χ0v) is 17.7. The Balaban J connectivity index is 1.65. The molecular weight excluding hydrogens is 405 g/mol. The highest BCUT2D eigenvalue weighted by Crippen LogP contribution is 2.34. The number of hydrogen-bond acceptors (Lipinski definition) is 6. The van der Waals surface area contributed by atoms with Gasteiger partial charge in [-0.2, -0.15) is 5.26 Å². The highest BCUT2D eigenvalue weighted by molar-refractivity contribution is 5.87. The lowest BCUT2D eigenvalue weighted by Gasteiger charge is -2.30. The predicted octanol–water partition coefficient (Wildman–Crippen LogP) is 3.64. The van der Waals surface area contributed by atoms with Crippen LogP contribution in [-0.2, 0) is 7.05 Å². The summed E-state index contributed by atoms with van der Waals surface area (Å²) in [5, 5.41) is 9.11. The third-order valence-electron chi connectivity index (χ3n) is 6.00. The van der Waals surface area contributed by atoms with Crippen LogP contribution >= 0.6 is 0 Å². The maximum Gasteiger partial charge on any atom is 0.225 e. The topological polar surface area (TPSA) is 96.7 Å². The van der Waals surface area contributed by atoms with Crippen molar-refractivity contribution >= 4 is 17.0 Å². The van der Waals surface area contributed by atoms with Gasteiger partial charge < -0.3 is 15.2 Å². The summed E-state index contributed by atoms with van der Waals surface area (Å²) in [6.45, 7) is 1.56. The molecule has 0 amide bonds. The fraction of sp³-hybridized carbons (Fsp3) is 0.250. The van der Waals surface area contributed by atoms with E-state index >= 15 is 0 Å². The molecule has 2 aromatic carbocycles. The van der Waals surface area contributed by atoms with Crippen molar-refractivity contribution in [2.24, 2.45) is 12.8 Å². The second-order valence-corrected chi connectivity index (χ2v) is 8.12. The van der Waals surface area contributed by atoms with Crippen LogP contribution in [0.3, 0.4) is 0 Å². The first-order valence-electron chi connectivity index (χ1n) is 10.5. The number of imidazole rings is 1. The Labute approximate surface area is 185 Å². The molecule has 1 fully saturated rings. The second-order valence-electron chi connectivity index (χ2n) is 8.12. The third kappa shape index (κ3) is 3.57. The van der Waals surface area contributed by atoms with Gasteiger partial charge in [-0.05, 0) is 42.7 Å². The number of piperidine rings is 1. The minimum absolute atomic E-state index is 0.00417. The molecule has 4 aromatic rings. The van der Waals surface area contributed by atoms with Crippen LogP contribution in [0, 0.1) is 17.1 Å². The molecule has 0 unspecified atom stereocenters. The minimum Gasteiger partial charge on any atom is -0.341 e. The molecule has 0 radical (unpaired) electrons. The Kier molecular flexibility index (Phi) is 5.04. The van der Waals surface area contributed by atoms with Crippen LogP contribution in [0.15, 0.2) is 48.9 Å². The lowest BCUT2D eigenvalue weighted by molar-refractivity contribution is 0.495. The Hall–Kier alpha value is -3.83. The highest BCUT2D eigenvalue weighted by atomic mass is 19.1. The maximum absolute atomic E-state index is 14.5. The van der Waals surface area contributed by atoms with Crippen molar-refractivity contribution in [1.29, 1.82) is 5.26 Å². The van der Waals surface area contributed by atoms with Gasteiger partial charge in [0, 0.05) is 43.5 Å². The van der Waals surface area contributed by atoms with Crippen molar-refractivity contribution in [2.75, 3.05) is 18.0 Å². The third-order valence-corrected chi connectivity index (χ3v) is 6.00. The van der Waals surface area contributed by atoms with Gasteiger partial charge in [0.05, 0.1) is 28.6 Å². The zero-order chi connectivity index (χ0) is 22.2. The Morgan fingerprint density at radius 3 is 2.62 bits per heavy atom. The van der Waals surface area contributed by atoms with Crippen LogP contribution in [0.5, 0.6) is 0 Å². The molecule has 1 aliphatic rings. The van der Waals surface area contributed by atoms with Crippen LogP contribution in [0.25, 0.3) is 33.4 Å². The average molecular weight is 427 g/mol. The number of anilines is 1. The van der Waals surface area contributed by atoms with Crippen molar-refractivity contribution in [3.8, 4) is 28.5 Å². The van der Waals surface area contributed by atoms with Crippen LogP contribution in [0.2, 0.25) is 0 Å². The number of rotatable bonds is 3. The van der Waals surface area contributed by atoms with E-state index < -0.39 is 5.82 Å². The number of benzene rings is 2. The van der Waals surface area contributed by atoms with E-state index in [0.29, 0.717) is 17.2 Å². The number of hydrogen-bond donors (Lipinski definition) is 1. The molecule has 0 bridgehead atoms. The molecule has 3 heterocycles. The lowest BCUT2D eigenvalue weighted by atomic mass is 9.99. The van der Waals surface area contributed by atoms with Gasteiger partial charge in [-0.25, -0.2) is 19.3 Å². The molecule has 1 aliphatic heterocycles. The standard InChI is InChI=1S/C24H22FN7/c1-31-14-29-21-11-15(4-5-22(21)31)19-13-28-24(32-8-6-18(27)7-9-32)30-23(19)16-2-3-17(12-26)20(25)10-16/h2-5,10-11,13-14,18H,6-9,27H2,1H3. The normalized spacial score (nSPS) is 14.6. The smallest absolute Gasteiger partial charge is 0.225 e. The number of aromatic nitrogens is 4. The van der Waals surface area contributed by atoms with E-state index in [1.165, 1.54) is 12.1 Å². The maximum atomic E-state index is 14.5. The van der Waals surface area contributed by atoms with Gasteiger partial charge in [0.25, 0.3) is 0 Å². The van der Waals surface area contributed by atoms with Gasteiger partial charge in [0.2, 0.25) is 5.95 Å². The summed E-state index contributed by atoms with van der Waals surface area (Å²) in [6, 6.07) is 12.6. The van der Waals surface area contributed by atoms with E-state index in [1.54, 1.807) is 18.6 Å². The quantitative estimate of drug-likeness (QED) is 0.536. The molecule has 8 heteroatoms. The molecule has 0 spiro atoms.